The van der Waals surface area contributed by atoms with Crippen LogP contribution < -0.4 is 22.1 Å². The van der Waals surface area contributed by atoms with Gasteiger partial charge < -0.3 is 49.8 Å². The minimum absolute atomic E-state index is 0.140. The Morgan fingerprint density at radius 3 is 1.73 bits per heavy atom. The molecule has 4 aromatic rings. The van der Waals surface area contributed by atoms with Crippen molar-refractivity contribution in [2.24, 2.45) is 0 Å². The number of nitrogens with one attached hydrogen (secondary N) is 2. The first-order valence-corrected chi connectivity index (χ1v) is 19.1. The summed E-state index contributed by atoms with van der Waals surface area (Å²) in [5.41, 5.74) is 13.9. The third kappa shape index (κ3) is 10.6. The summed E-state index contributed by atoms with van der Waals surface area (Å²) in [6.07, 6.45) is 10.8. The zero-order chi connectivity index (χ0) is 32.3. The summed E-state index contributed by atoms with van der Waals surface area (Å²) < 4.78 is 37.6. The first kappa shape index (κ1) is 34.5. The molecule has 0 fully saturated rings. The minimum atomic E-state index is -2.17. The third-order valence-electron chi connectivity index (χ3n) is 5.49. The standard InChI is InChI=1S/C13H21N6O2P.C13H19N6O2P/c2*1-4-5-15-11-10-12(18-13(14)17-11)19(8-16-10)6-7-21-9-22(2,3)20/h4,8H,1,5-7,9H2,2-3H3,(H3,14,15,17,18);1,8H,5-7,9H2,2-3H3,(H3,14,15,17,18). The molecule has 0 spiro atoms. The molecule has 0 aliphatic carbocycles. The van der Waals surface area contributed by atoms with Crippen LogP contribution in [-0.2, 0) is 31.7 Å². The highest BCUT2D eigenvalue weighted by molar-refractivity contribution is 7.62. The van der Waals surface area contributed by atoms with Crippen LogP contribution in [0.3, 0.4) is 0 Å². The number of nitrogens with two attached hydrogens (primary N) is 2. The van der Waals surface area contributed by atoms with Crippen molar-refractivity contribution in [3.63, 3.8) is 0 Å². The highest BCUT2D eigenvalue weighted by Crippen LogP contribution is 2.35. The molecule has 6 N–H and O–H groups in total. The number of anilines is 4. The highest BCUT2D eigenvalue weighted by Gasteiger charge is 2.14. The normalized spacial score (nSPS) is 11.6. The molecular formula is C26H40N12O4P2. The maximum atomic E-state index is 11.6. The van der Waals surface area contributed by atoms with Crippen molar-refractivity contribution < 1.29 is 18.6 Å². The summed E-state index contributed by atoms with van der Waals surface area (Å²) in [5, 5.41) is 6.05. The van der Waals surface area contributed by atoms with Gasteiger partial charge in [0.05, 0.1) is 45.1 Å². The van der Waals surface area contributed by atoms with Gasteiger partial charge in [-0.15, -0.1) is 13.0 Å². The largest absolute Gasteiger partial charge is 0.372 e. The molecule has 0 aliphatic heterocycles. The van der Waals surface area contributed by atoms with Crippen LogP contribution >= 0.6 is 14.3 Å². The van der Waals surface area contributed by atoms with Crippen LogP contribution in [0, 0.1) is 12.3 Å². The number of nitrogens with zero attached hydrogens (tertiary/aromatic N) is 8. The number of nitrogen functional groups attached to an aromatic ring is 2. The Labute approximate surface area is 256 Å². The molecule has 0 saturated carbocycles. The molecule has 0 saturated heterocycles. The van der Waals surface area contributed by atoms with E-state index in [-0.39, 0.29) is 24.6 Å². The molecule has 0 atom stereocenters. The molecule has 16 nitrogen and oxygen atoms in total. The van der Waals surface area contributed by atoms with Crippen LogP contribution in [0.2, 0.25) is 0 Å². The predicted octanol–water partition coefficient (Wildman–Crippen LogP) is 2.65. The average molecular weight is 647 g/mol. The van der Waals surface area contributed by atoms with Gasteiger partial charge in [-0.05, 0) is 26.7 Å². The average Bonchev–Trinajstić information content (AvgIpc) is 3.54. The van der Waals surface area contributed by atoms with Crippen LogP contribution in [0.25, 0.3) is 22.3 Å². The van der Waals surface area contributed by atoms with Crippen molar-refractivity contribution in [2.45, 2.75) is 13.1 Å². The summed E-state index contributed by atoms with van der Waals surface area (Å²) >= 11 is 0. The van der Waals surface area contributed by atoms with Crippen LogP contribution in [0.4, 0.5) is 23.5 Å². The van der Waals surface area contributed by atoms with E-state index in [1.54, 1.807) is 45.4 Å². The van der Waals surface area contributed by atoms with Crippen molar-refractivity contribution in [3.8, 4) is 12.3 Å². The molecular weight excluding hydrogens is 606 g/mol. The van der Waals surface area contributed by atoms with Crippen LogP contribution in [0.1, 0.15) is 0 Å². The summed E-state index contributed by atoms with van der Waals surface area (Å²) in [5.74, 6) is 3.87. The van der Waals surface area contributed by atoms with E-state index < -0.39 is 14.3 Å². The van der Waals surface area contributed by atoms with Gasteiger partial charge in [0.1, 0.15) is 14.3 Å². The monoisotopic (exact) mass is 646 g/mol. The number of terminal acetylenes is 1. The van der Waals surface area contributed by atoms with Gasteiger partial charge in [0, 0.05) is 19.6 Å². The lowest BCUT2D eigenvalue weighted by atomic mass is 10.4. The van der Waals surface area contributed by atoms with Crippen LogP contribution in [0.15, 0.2) is 25.3 Å². The van der Waals surface area contributed by atoms with Crippen molar-refractivity contribution in [1.82, 2.24) is 39.0 Å². The third-order valence-corrected chi connectivity index (χ3v) is 7.10. The fraction of sp³-hybridized carbons (Fsp3) is 0.462. The van der Waals surface area contributed by atoms with Gasteiger partial charge in [-0.3, -0.25) is 0 Å². The molecule has 0 unspecified atom stereocenters. The molecule has 4 heterocycles. The van der Waals surface area contributed by atoms with Gasteiger partial charge in [0.2, 0.25) is 11.9 Å². The number of hydrogen-bond donors (Lipinski definition) is 4. The number of aromatic nitrogens is 8. The van der Waals surface area contributed by atoms with E-state index in [0.717, 1.165) is 0 Å². The first-order chi connectivity index (χ1) is 20.8. The Morgan fingerprint density at radius 1 is 0.864 bits per heavy atom. The van der Waals surface area contributed by atoms with E-state index in [0.29, 0.717) is 73.4 Å². The first-order valence-electron chi connectivity index (χ1n) is 13.5. The van der Waals surface area contributed by atoms with Crippen molar-refractivity contribution in [2.75, 3.05) is 87.8 Å². The maximum Gasteiger partial charge on any atom is 0.224 e. The van der Waals surface area contributed by atoms with Crippen LogP contribution in [0.5, 0.6) is 0 Å². The van der Waals surface area contributed by atoms with Gasteiger partial charge in [-0.2, -0.15) is 19.9 Å². The lowest BCUT2D eigenvalue weighted by Crippen LogP contribution is -2.09. The van der Waals surface area contributed by atoms with E-state index in [2.05, 4.69) is 53.0 Å². The molecule has 0 aliphatic rings. The molecule has 44 heavy (non-hydrogen) atoms. The summed E-state index contributed by atoms with van der Waals surface area (Å²) in [7, 11) is -4.33. The summed E-state index contributed by atoms with van der Waals surface area (Å²) in [6, 6.07) is 0. The molecule has 238 valence electrons. The summed E-state index contributed by atoms with van der Waals surface area (Å²) in [6.45, 7) is 13.2. The molecule has 0 amide bonds. The van der Waals surface area contributed by atoms with Gasteiger partial charge in [0.15, 0.2) is 34.0 Å². The zero-order valence-corrected chi connectivity index (χ0v) is 27.2. The zero-order valence-electron chi connectivity index (χ0n) is 25.4. The number of rotatable bonds is 15. The number of hydrogen-bond acceptors (Lipinski definition) is 14. The lowest BCUT2D eigenvalue weighted by molar-refractivity contribution is 0.167. The Hall–Kier alpha value is -4.02. The van der Waals surface area contributed by atoms with Crippen molar-refractivity contribution in [1.29, 1.82) is 0 Å². The van der Waals surface area contributed by atoms with E-state index in [9.17, 15) is 9.13 Å². The summed E-state index contributed by atoms with van der Waals surface area (Å²) in [4.78, 5) is 25.3. The Kier molecular flexibility index (Phi) is 12.2. The molecule has 0 aromatic carbocycles. The van der Waals surface area contributed by atoms with E-state index >= 15 is 0 Å². The van der Waals surface area contributed by atoms with E-state index in [1.807, 2.05) is 9.13 Å². The number of ether oxygens (including phenoxy) is 2. The van der Waals surface area contributed by atoms with Gasteiger partial charge in [0.25, 0.3) is 0 Å². The number of imidazole rings is 2. The topological polar surface area (TPSA) is 216 Å². The SMILES string of the molecule is C#CCNc1nc(N)nc2c1ncn2CCOCP(C)(C)=O.C=CCNc1nc(N)nc2c1ncn2CCOCP(C)(C)=O. The van der Waals surface area contributed by atoms with Gasteiger partial charge in [-0.25, -0.2) is 9.97 Å². The van der Waals surface area contributed by atoms with Crippen LogP contribution in [-0.4, -0.2) is 105 Å². The molecule has 0 radical (unpaired) electrons. The Balaban J connectivity index is 0.000000240. The fourth-order valence-electron chi connectivity index (χ4n) is 3.69. The molecule has 4 rings (SSSR count). The molecule has 4 aromatic heterocycles. The van der Waals surface area contributed by atoms with Crippen molar-refractivity contribution >= 4 is 60.1 Å². The second kappa shape index (κ2) is 15.6. The highest BCUT2D eigenvalue weighted by atomic mass is 31.2. The van der Waals surface area contributed by atoms with E-state index in [1.165, 1.54) is 0 Å². The molecule has 0 bridgehead atoms. The van der Waals surface area contributed by atoms with Crippen molar-refractivity contribution in [3.05, 3.63) is 25.3 Å². The predicted molar refractivity (Wildman–Crippen MR) is 176 cm³/mol. The smallest absolute Gasteiger partial charge is 0.224 e. The van der Waals surface area contributed by atoms with Gasteiger partial charge in [-0.1, -0.05) is 12.0 Å². The quantitative estimate of drug-likeness (QED) is 0.0632. The fourth-order valence-corrected chi connectivity index (χ4v) is 4.83. The lowest BCUT2D eigenvalue weighted by Gasteiger charge is -2.09. The Bertz CT molecular complexity index is 1700. The van der Waals surface area contributed by atoms with E-state index in [4.69, 9.17) is 27.4 Å². The van der Waals surface area contributed by atoms with Gasteiger partial charge >= 0.3 is 0 Å². The maximum absolute atomic E-state index is 11.6. The molecule has 18 heteroatoms. The number of fused-ring (bicyclic) bond motifs is 2. The minimum Gasteiger partial charge on any atom is -0.372 e. The second-order valence-electron chi connectivity index (χ2n) is 10.5. The second-order valence-corrected chi connectivity index (χ2v) is 17.3. The Morgan fingerprint density at radius 2 is 1.32 bits per heavy atom.